The zero-order chi connectivity index (χ0) is 18.2. The van der Waals surface area contributed by atoms with Crippen LogP contribution in [0.25, 0.3) is 0 Å². The summed E-state index contributed by atoms with van der Waals surface area (Å²) in [6, 6.07) is 2.65. The normalized spacial score (nSPS) is 19.0. The quantitative estimate of drug-likeness (QED) is 0.770. The third-order valence-electron chi connectivity index (χ3n) is 4.25. The molecule has 3 rings (SSSR count). The number of amides is 1. The highest BCUT2D eigenvalue weighted by Gasteiger charge is 2.39. The van der Waals surface area contributed by atoms with Crippen LogP contribution in [0.5, 0.6) is 0 Å². The molecular weight excluding hydrogens is 346 g/mol. The maximum atomic E-state index is 13.0. The summed E-state index contributed by atoms with van der Waals surface area (Å²) in [7, 11) is -1.86. The van der Waals surface area contributed by atoms with Gasteiger partial charge < -0.3 is 4.52 Å². The Morgan fingerprint density at radius 2 is 2.20 bits per heavy atom. The molecule has 10 heteroatoms. The second kappa shape index (κ2) is 6.60. The Bertz CT molecular complexity index is 872. The first-order valence-electron chi connectivity index (χ1n) is 7.96. The first-order valence-corrected chi connectivity index (χ1v) is 9.80. The Kier molecular flexibility index (Phi) is 4.65. The predicted octanol–water partition coefficient (Wildman–Crippen LogP) is 0.674. The van der Waals surface area contributed by atoms with Gasteiger partial charge in [-0.3, -0.25) is 14.4 Å². The second-order valence-corrected chi connectivity index (χ2v) is 8.13. The summed E-state index contributed by atoms with van der Waals surface area (Å²) >= 11 is 0. The minimum Gasteiger partial charge on any atom is -0.361 e. The van der Waals surface area contributed by atoms with Crippen LogP contribution in [0.4, 0.5) is 5.82 Å². The monoisotopic (exact) mass is 367 g/mol. The van der Waals surface area contributed by atoms with Gasteiger partial charge in [-0.25, -0.2) is 8.42 Å². The molecule has 1 saturated heterocycles. The molecule has 2 aromatic rings. The van der Waals surface area contributed by atoms with Crippen molar-refractivity contribution in [2.24, 2.45) is 7.05 Å². The predicted molar refractivity (Wildman–Crippen MR) is 90.2 cm³/mol. The average Bonchev–Trinajstić information content (AvgIpc) is 3.13. The topological polar surface area (TPSA) is 102 Å². The van der Waals surface area contributed by atoms with Crippen molar-refractivity contribution in [3.05, 3.63) is 29.8 Å². The molecule has 9 nitrogen and oxygen atoms in total. The van der Waals surface area contributed by atoms with E-state index in [0.717, 1.165) is 6.26 Å². The highest BCUT2D eigenvalue weighted by atomic mass is 32.2. The Hall–Kier alpha value is -2.20. The van der Waals surface area contributed by atoms with E-state index in [1.807, 2.05) is 0 Å². The maximum absolute atomic E-state index is 13.0. The Labute approximate surface area is 146 Å². The lowest BCUT2D eigenvalue weighted by atomic mass is 10.0. The summed E-state index contributed by atoms with van der Waals surface area (Å²) in [6.45, 7) is 2.28. The van der Waals surface area contributed by atoms with Crippen LogP contribution in [-0.4, -0.2) is 52.4 Å². The van der Waals surface area contributed by atoms with Gasteiger partial charge in [-0.05, 0) is 19.8 Å². The Morgan fingerprint density at radius 1 is 1.44 bits per heavy atom. The lowest BCUT2D eigenvalue weighted by Crippen LogP contribution is -2.54. The van der Waals surface area contributed by atoms with Crippen molar-refractivity contribution in [1.29, 1.82) is 0 Å². The number of aryl methyl sites for hydroxylation is 2. The van der Waals surface area contributed by atoms with Crippen LogP contribution >= 0.6 is 0 Å². The molecule has 0 bridgehead atoms. The molecule has 0 aliphatic carbocycles. The molecule has 1 aliphatic heterocycles. The third-order valence-corrected chi connectivity index (χ3v) is 5.49. The van der Waals surface area contributed by atoms with Crippen LogP contribution in [0.3, 0.4) is 0 Å². The SMILES string of the molecule is Cc1cc(CN([C@H]2CCCN(c3ccnn3C)C2=O)S(C)(=O)=O)no1. The fraction of sp³-hybridized carbons (Fsp3) is 0.533. The lowest BCUT2D eigenvalue weighted by Gasteiger charge is -2.36. The number of rotatable bonds is 5. The van der Waals surface area contributed by atoms with Crippen molar-refractivity contribution in [3.63, 3.8) is 0 Å². The van der Waals surface area contributed by atoms with Crippen molar-refractivity contribution >= 4 is 21.7 Å². The Morgan fingerprint density at radius 3 is 2.76 bits per heavy atom. The second-order valence-electron chi connectivity index (χ2n) is 6.20. The molecule has 0 radical (unpaired) electrons. The highest BCUT2D eigenvalue weighted by molar-refractivity contribution is 7.88. The van der Waals surface area contributed by atoms with Crippen molar-refractivity contribution < 1.29 is 17.7 Å². The number of nitrogens with zero attached hydrogens (tertiary/aromatic N) is 5. The van der Waals surface area contributed by atoms with E-state index in [9.17, 15) is 13.2 Å². The maximum Gasteiger partial charge on any atom is 0.246 e. The van der Waals surface area contributed by atoms with E-state index in [1.165, 1.54) is 4.31 Å². The number of anilines is 1. The number of sulfonamides is 1. The molecule has 0 aromatic carbocycles. The average molecular weight is 367 g/mol. The minimum atomic E-state index is -3.61. The van der Waals surface area contributed by atoms with Gasteiger partial charge in [0, 0.05) is 25.7 Å². The highest BCUT2D eigenvalue weighted by Crippen LogP contribution is 2.25. The summed E-state index contributed by atoms with van der Waals surface area (Å²) < 4.78 is 32.5. The van der Waals surface area contributed by atoms with Crippen LogP contribution in [0.2, 0.25) is 0 Å². The number of carbonyl (C=O) groups is 1. The van der Waals surface area contributed by atoms with E-state index in [4.69, 9.17) is 4.52 Å². The van der Waals surface area contributed by atoms with Crippen LogP contribution in [0.1, 0.15) is 24.3 Å². The number of carbonyl (C=O) groups excluding carboxylic acids is 1. The number of piperidine rings is 1. The summed E-state index contributed by atoms with van der Waals surface area (Å²) in [5, 5.41) is 7.94. The number of hydrogen-bond donors (Lipinski definition) is 0. The summed E-state index contributed by atoms with van der Waals surface area (Å²) in [6.07, 6.45) is 3.89. The van der Waals surface area contributed by atoms with Crippen molar-refractivity contribution in [2.45, 2.75) is 32.4 Å². The molecule has 0 unspecified atom stereocenters. The molecule has 25 heavy (non-hydrogen) atoms. The van der Waals surface area contributed by atoms with Crippen molar-refractivity contribution in [1.82, 2.24) is 19.2 Å². The molecule has 0 spiro atoms. The van der Waals surface area contributed by atoms with Crippen LogP contribution < -0.4 is 4.90 Å². The molecule has 0 N–H and O–H groups in total. The van der Waals surface area contributed by atoms with E-state index >= 15 is 0 Å². The van der Waals surface area contributed by atoms with Gasteiger partial charge in [-0.15, -0.1) is 0 Å². The van der Waals surface area contributed by atoms with E-state index in [0.29, 0.717) is 36.7 Å². The summed E-state index contributed by atoms with van der Waals surface area (Å²) in [4.78, 5) is 14.6. The van der Waals surface area contributed by atoms with E-state index in [1.54, 1.807) is 41.9 Å². The molecule has 1 aliphatic rings. The van der Waals surface area contributed by atoms with Crippen LogP contribution in [-0.2, 0) is 28.4 Å². The molecule has 1 atom stereocenters. The van der Waals surface area contributed by atoms with Gasteiger partial charge in [0.15, 0.2) is 0 Å². The van der Waals surface area contributed by atoms with E-state index < -0.39 is 16.1 Å². The smallest absolute Gasteiger partial charge is 0.246 e. The molecule has 2 aromatic heterocycles. The van der Waals surface area contributed by atoms with Gasteiger partial charge >= 0.3 is 0 Å². The van der Waals surface area contributed by atoms with Gasteiger partial charge in [0.2, 0.25) is 15.9 Å². The third kappa shape index (κ3) is 3.59. The molecule has 1 amide bonds. The summed E-state index contributed by atoms with van der Waals surface area (Å²) in [5.41, 5.74) is 0.480. The van der Waals surface area contributed by atoms with Gasteiger partial charge in [0.1, 0.15) is 17.6 Å². The summed E-state index contributed by atoms with van der Waals surface area (Å²) in [5.74, 6) is 0.996. The van der Waals surface area contributed by atoms with Gasteiger partial charge in [-0.2, -0.15) is 9.40 Å². The zero-order valence-corrected chi connectivity index (χ0v) is 15.2. The molecule has 0 saturated carbocycles. The minimum absolute atomic E-state index is 0.00576. The fourth-order valence-electron chi connectivity index (χ4n) is 3.09. The number of aromatic nitrogens is 3. The molecular formula is C15H21N5O4S. The van der Waals surface area contributed by atoms with Crippen LogP contribution in [0.15, 0.2) is 22.9 Å². The molecule has 136 valence electrons. The Balaban J connectivity index is 1.90. The lowest BCUT2D eigenvalue weighted by molar-refractivity contribution is -0.123. The number of hydrogen-bond acceptors (Lipinski definition) is 6. The van der Waals surface area contributed by atoms with Crippen molar-refractivity contribution in [3.8, 4) is 0 Å². The van der Waals surface area contributed by atoms with Gasteiger partial charge in [-0.1, -0.05) is 5.16 Å². The van der Waals surface area contributed by atoms with Crippen molar-refractivity contribution in [2.75, 3.05) is 17.7 Å². The van der Waals surface area contributed by atoms with Gasteiger partial charge in [0.05, 0.1) is 24.7 Å². The molecule has 3 heterocycles. The van der Waals surface area contributed by atoms with Crippen LogP contribution in [0, 0.1) is 6.92 Å². The zero-order valence-electron chi connectivity index (χ0n) is 14.4. The molecule has 1 fully saturated rings. The van der Waals surface area contributed by atoms with E-state index in [-0.39, 0.29) is 12.5 Å². The standard InChI is InChI=1S/C15H21N5O4S/c1-11-9-12(17-24-11)10-20(25(3,22)23)13-5-4-8-19(15(13)21)14-6-7-16-18(14)2/h6-7,9,13H,4-5,8,10H2,1-3H3/t13-/m0/s1. The largest absolute Gasteiger partial charge is 0.361 e. The van der Waals surface area contributed by atoms with Gasteiger partial charge in [0.25, 0.3) is 0 Å². The fourth-order valence-corrected chi connectivity index (χ4v) is 4.12. The first kappa shape index (κ1) is 17.6. The first-order chi connectivity index (χ1) is 11.8. The van der Waals surface area contributed by atoms with E-state index in [2.05, 4.69) is 10.3 Å².